The average Bonchev–Trinajstić information content (AvgIpc) is 2.22. The summed E-state index contributed by atoms with van der Waals surface area (Å²) in [6.07, 6.45) is 0.974. The van der Waals surface area contributed by atoms with Crippen LogP contribution in [0.5, 0.6) is 0 Å². The number of hydrogen-bond donors (Lipinski definition) is 1. The summed E-state index contributed by atoms with van der Waals surface area (Å²) in [4.78, 5) is 1.02. The number of hydrogen-bond acceptors (Lipinski definition) is 2. The predicted octanol–water partition coefficient (Wildman–Crippen LogP) is 2.24. The van der Waals surface area contributed by atoms with E-state index >= 15 is 0 Å². The second-order valence-corrected chi connectivity index (χ2v) is 5.79. The lowest BCUT2D eigenvalue weighted by atomic mass is 10.0. The van der Waals surface area contributed by atoms with E-state index in [1.165, 1.54) is 5.56 Å². The molecular formula is C12H17NOS. The van der Waals surface area contributed by atoms with Gasteiger partial charge in [0.2, 0.25) is 0 Å². The zero-order valence-corrected chi connectivity index (χ0v) is 10.0. The van der Waals surface area contributed by atoms with Crippen LogP contribution in [0.25, 0.3) is 0 Å². The molecule has 0 saturated heterocycles. The van der Waals surface area contributed by atoms with Crippen LogP contribution >= 0.6 is 0 Å². The molecule has 0 radical (unpaired) electrons. The molecule has 0 saturated carbocycles. The molecule has 1 aliphatic heterocycles. The first kappa shape index (κ1) is 10.8. The second-order valence-electron chi connectivity index (χ2n) is 4.25. The molecule has 1 aliphatic rings. The van der Waals surface area contributed by atoms with Gasteiger partial charge in [-0.15, -0.1) is 0 Å². The number of fused-ring (bicyclic) bond motifs is 1. The molecule has 1 aromatic carbocycles. The van der Waals surface area contributed by atoms with E-state index < -0.39 is 10.8 Å². The number of benzene rings is 1. The molecule has 0 fully saturated rings. The summed E-state index contributed by atoms with van der Waals surface area (Å²) in [5.41, 5.74) is 1.22. The van der Waals surface area contributed by atoms with Gasteiger partial charge >= 0.3 is 0 Å². The summed E-state index contributed by atoms with van der Waals surface area (Å²) < 4.78 is 11.8. The summed E-state index contributed by atoms with van der Waals surface area (Å²) >= 11 is 0. The van der Waals surface area contributed by atoms with E-state index in [4.69, 9.17) is 0 Å². The first-order valence-electron chi connectivity index (χ1n) is 5.42. The van der Waals surface area contributed by atoms with Crippen molar-refractivity contribution < 1.29 is 4.21 Å². The maximum absolute atomic E-state index is 11.8. The van der Waals surface area contributed by atoms with Crippen molar-refractivity contribution in [2.45, 2.75) is 37.2 Å². The van der Waals surface area contributed by atoms with Gasteiger partial charge < -0.3 is 5.32 Å². The molecule has 1 aromatic rings. The highest BCUT2D eigenvalue weighted by Gasteiger charge is 2.24. The minimum atomic E-state index is -0.791. The van der Waals surface area contributed by atoms with Gasteiger partial charge in [0.25, 0.3) is 0 Å². The van der Waals surface area contributed by atoms with Crippen molar-refractivity contribution in [2.75, 3.05) is 5.75 Å². The van der Waals surface area contributed by atoms with Crippen molar-refractivity contribution >= 4 is 10.8 Å². The van der Waals surface area contributed by atoms with Crippen LogP contribution in [0.2, 0.25) is 0 Å². The average molecular weight is 223 g/mol. The number of nitrogens with one attached hydrogen (secondary N) is 1. The number of rotatable bonds is 2. The predicted molar refractivity (Wildman–Crippen MR) is 63.3 cm³/mol. The Balaban J connectivity index is 2.32. The molecule has 2 atom stereocenters. The first-order chi connectivity index (χ1) is 7.18. The summed E-state index contributed by atoms with van der Waals surface area (Å²) in [7, 11) is -0.791. The van der Waals surface area contributed by atoms with Crippen molar-refractivity contribution in [3.05, 3.63) is 29.8 Å². The fourth-order valence-electron chi connectivity index (χ4n) is 2.04. The highest BCUT2D eigenvalue weighted by molar-refractivity contribution is 7.85. The Morgan fingerprint density at radius 1 is 1.40 bits per heavy atom. The molecule has 0 bridgehead atoms. The minimum Gasteiger partial charge on any atom is -0.308 e. The molecule has 0 aliphatic carbocycles. The molecule has 2 unspecified atom stereocenters. The Morgan fingerprint density at radius 2 is 2.13 bits per heavy atom. The van der Waals surface area contributed by atoms with Crippen molar-refractivity contribution in [3.63, 3.8) is 0 Å². The summed E-state index contributed by atoms with van der Waals surface area (Å²) in [5, 5.41) is 3.52. The van der Waals surface area contributed by atoms with E-state index in [0.29, 0.717) is 12.1 Å². The minimum absolute atomic E-state index is 0.374. The van der Waals surface area contributed by atoms with Crippen LogP contribution in [0, 0.1) is 0 Å². The van der Waals surface area contributed by atoms with Crippen LogP contribution in [-0.4, -0.2) is 16.0 Å². The SMILES string of the molecule is CC(C)NC1CCS(=O)c2ccccc21. The summed E-state index contributed by atoms with van der Waals surface area (Å²) in [5.74, 6) is 0.779. The van der Waals surface area contributed by atoms with Gasteiger partial charge in [-0.05, 0) is 18.1 Å². The normalized spacial score (nSPS) is 25.3. The fourth-order valence-corrected chi connectivity index (χ4v) is 3.41. The lowest BCUT2D eigenvalue weighted by Gasteiger charge is -2.27. The van der Waals surface area contributed by atoms with Crippen molar-refractivity contribution in [3.8, 4) is 0 Å². The van der Waals surface area contributed by atoms with E-state index in [1.54, 1.807) is 0 Å². The molecule has 0 aromatic heterocycles. The van der Waals surface area contributed by atoms with Crippen LogP contribution in [0.4, 0.5) is 0 Å². The van der Waals surface area contributed by atoms with E-state index in [-0.39, 0.29) is 0 Å². The molecule has 0 amide bonds. The zero-order chi connectivity index (χ0) is 10.8. The summed E-state index contributed by atoms with van der Waals surface area (Å²) in [6, 6.07) is 8.91. The third-order valence-electron chi connectivity index (χ3n) is 2.67. The maximum Gasteiger partial charge on any atom is 0.0533 e. The lowest BCUT2D eigenvalue weighted by Crippen LogP contribution is -2.32. The van der Waals surface area contributed by atoms with Gasteiger partial charge in [-0.25, -0.2) is 0 Å². The Bertz CT molecular complexity index is 376. The van der Waals surface area contributed by atoms with Gasteiger partial charge in [0, 0.05) is 22.7 Å². The third kappa shape index (κ3) is 2.29. The Morgan fingerprint density at radius 3 is 2.87 bits per heavy atom. The van der Waals surface area contributed by atoms with E-state index in [2.05, 4.69) is 25.2 Å². The van der Waals surface area contributed by atoms with Gasteiger partial charge in [0.15, 0.2) is 0 Å². The highest BCUT2D eigenvalue weighted by atomic mass is 32.2. The fraction of sp³-hybridized carbons (Fsp3) is 0.500. The standard InChI is InChI=1S/C12H17NOS/c1-9(2)13-11-7-8-15(14)12-6-4-3-5-10(11)12/h3-6,9,11,13H,7-8H2,1-2H3. The third-order valence-corrected chi connectivity index (χ3v) is 4.13. The monoisotopic (exact) mass is 223 g/mol. The van der Waals surface area contributed by atoms with Crippen molar-refractivity contribution in [2.24, 2.45) is 0 Å². The van der Waals surface area contributed by atoms with Crippen LogP contribution < -0.4 is 5.32 Å². The van der Waals surface area contributed by atoms with Gasteiger partial charge in [-0.3, -0.25) is 4.21 Å². The molecule has 3 heteroatoms. The molecule has 2 rings (SSSR count). The molecule has 2 nitrogen and oxygen atoms in total. The second kappa shape index (κ2) is 4.45. The Kier molecular flexibility index (Phi) is 3.22. The molecule has 1 N–H and O–H groups in total. The van der Waals surface area contributed by atoms with Crippen molar-refractivity contribution in [1.29, 1.82) is 0 Å². The van der Waals surface area contributed by atoms with Crippen LogP contribution in [0.1, 0.15) is 31.9 Å². The van der Waals surface area contributed by atoms with Crippen LogP contribution in [-0.2, 0) is 10.8 Å². The summed E-state index contributed by atoms with van der Waals surface area (Å²) in [6.45, 7) is 4.29. The topological polar surface area (TPSA) is 29.1 Å². The van der Waals surface area contributed by atoms with E-state index in [0.717, 1.165) is 17.1 Å². The largest absolute Gasteiger partial charge is 0.308 e. The van der Waals surface area contributed by atoms with Gasteiger partial charge in [-0.2, -0.15) is 0 Å². The van der Waals surface area contributed by atoms with Gasteiger partial charge in [0.05, 0.1) is 10.8 Å². The first-order valence-corrected chi connectivity index (χ1v) is 6.73. The van der Waals surface area contributed by atoms with E-state index in [9.17, 15) is 4.21 Å². The maximum atomic E-state index is 11.8. The Labute approximate surface area is 93.5 Å². The lowest BCUT2D eigenvalue weighted by molar-refractivity contribution is 0.456. The quantitative estimate of drug-likeness (QED) is 0.833. The molecule has 15 heavy (non-hydrogen) atoms. The molecule has 0 spiro atoms. The van der Waals surface area contributed by atoms with E-state index in [1.807, 2.05) is 18.2 Å². The Hall–Kier alpha value is -0.670. The zero-order valence-electron chi connectivity index (χ0n) is 9.19. The van der Waals surface area contributed by atoms with Gasteiger partial charge in [-0.1, -0.05) is 32.0 Å². The van der Waals surface area contributed by atoms with Crippen molar-refractivity contribution in [1.82, 2.24) is 5.32 Å². The van der Waals surface area contributed by atoms with Crippen LogP contribution in [0.3, 0.4) is 0 Å². The molecule has 1 heterocycles. The smallest absolute Gasteiger partial charge is 0.0533 e. The molecular weight excluding hydrogens is 206 g/mol. The van der Waals surface area contributed by atoms with Gasteiger partial charge in [0.1, 0.15) is 0 Å². The highest BCUT2D eigenvalue weighted by Crippen LogP contribution is 2.29. The molecule has 82 valence electrons. The van der Waals surface area contributed by atoms with Crippen LogP contribution in [0.15, 0.2) is 29.2 Å².